The summed E-state index contributed by atoms with van der Waals surface area (Å²) in [6, 6.07) is 3.78. The van der Waals surface area contributed by atoms with Gasteiger partial charge in [0.1, 0.15) is 13.2 Å². The molecule has 1 aliphatic rings. The molecular formula is C14H20ClNO4. The lowest BCUT2D eigenvalue weighted by Gasteiger charge is -2.24. The summed E-state index contributed by atoms with van der Waals surface area (Å²) in [7, 11) is 0. The van der Waals surface area contributed by atoms with E-state index < -0.39 is 0 Å². The summed E-state index contributed by atoms with van der Waals surface area (Å²) in [6.07, 6.45) is 0.679. The largest absolute Gasteiger partial charge is 0.486 e. The number of aliphatic hydroxyl groups excluding tert-OH is 2. The second-order valence-electron chi connectivity index (χ2n) is 4.68. The first-order valence-corrected chi connectivity index (χ1v) is 7.14. The fraction of sp³-hybridized carbons (Fsp3) is 0.571. The second-order valence-corrected chi connectivity index (χ2v) is 5.09. The van der Waals surface area contributed by atoms with Gasteiger partial charge in [-0.3, -0.25) is 4.90 Å². The van der Waals surface area contributed by atoms with Crippen molar-refractivity contribution in [3.8, 4) is 11.5 Å². The molecule has 0 aromatic heterocycles. The molecule has 20 heavy (non-hydrogen) atoms. The Balaban J connectivity index is 2.09. The van der Waals surface area contributed by atoms with Crippen molar-refractivity contribution in [2.24, 2.45) is 0 Å². The highest BCUT2D eigenvalue weighted by Crippen LogP contribution is 2.38. The number of rotatable bonds is 7. The van der Waals surface area contributed by atoms with Crippen molar-refractivity contribution in [1.29, 1.82) is 0 Å². The molecule has 1 aliphatic heterocycles. The first-order valence-electron chi connectivity index (χ1n) is 6.76. The third-order valence-corrected chi connectivity index (χ3v) is 3.39. The lowest BCUT2D eigenvalue weighted by molar-refractivity contribution is 0.167. The highest BCUT2D eigenvalue weighted by Gasteiger charge is 2.17. The summed E-state index contributed by atoms with van der Waals surface area (Å²) < 4.78 is 11.0. The SMILES string of the molecule is OCCCN(CCO)Cc1cc(Cl)c2c(c1)OCCO2. The van der Waals surface area contributed by atoms with Gasteiger partial charge in [0.2, 0.25) is 0 Å². The maximum absolute atomic E-state index is 9.09. The summed E-state index contributed by atoms with van der Waals surface area (Å²) >= 11 is 6.20. The molecule has 0 atom stereocenters. The van der Waals surface area contributed by atoms with E-state index >= 15 is 0 Å². The van der Waals surface area contributed by atoms with Gasteiger partial charge in [-0.2, -0.15) is 0 Å². The minimum atomic E-state index is 0.0870. The lowest BCUT2D eigenvalue weighted by Crippen LogP contribution is -2.28. The van der Waals surface area contributed by atoms with Crippen LogP contribution < -0.4 is 9.47 Å². The highest BCUT2D eigenvalue weighted by atomic mass is 35.5. The van der Waals surface area contributed by atoms with Crippen molar-refractivity contribution >= 4 is 11.6 Å². The average molecular weight is 302 g/mol. The van der Waals surface area contributed by atoms with Crippen LogP contribution in [0.5, 0.6) is 11.5 Å². The maximum Gasteiger partial charge on any atom is 0.179 e. The summed E-state index contributed by atoms with van der Waals surface area (Å²) in [4.78, 5) is 2.07. The number of ether oxygens (including phenoxy) is 2. The van der Waals surface area contributed by atoms with Gasteiger partial charge in [0.25, 0.3) is 0 Å². The Hall–Kier alpha value is -1.01. The Labute approximate surface area is 123 Å². The lowest BCUT2D eigenvalue weighted by atomic mass is 10.1. The third-order valence-electron chi connectivity index (χ3n) is 3.11. The number of hydrogen-bond acceptors (Lipinski definition) is 5. The van der Waals surface area contributed by atoms with Crippen LogP contribution in [-0.2, 0) is 6.54 Å². The minimum Gasteiger partial charge on any atom is -0.486 e. The van der Waals surface area contributed by atoms with E-state index in [1.807, 2.05) is 12.1 Å². The Kier molecular flexibility index (Phi) is 5.91. The van der Waals surface area contributed by atoms with Crippen LogP contribution in [0, 0.1) is 0 Å². The Bertz CT molecular complexity index is 441. The molecule has 1 aromatic carbocycles. The molecule has 0 bridgehead atoms. The molecule has 2 N–H and O–H groups in total. The average Bonchev–Trinajstić information content (AvgIpc) is 2.45. The number of nitrogens with zero attached hydrogens (tertiary/aromatic N) is 1. The summed E-state index contributed by atoms with van der Waals surface area (Å²) in [5, 5.41) is 18.5. The van der Waals surface area contributed by atoms with Crippen LogP contribution in [0.1, 0.15) is 12.0 Å². The van der Waals surface area contributed by atoms with Crippen molar-refractivity contribution in [3.05, 3.63) is 22.7 Å². The van der Waals surface area contributed by atoms with Crippen molar-refractivity contribution in [2.45, 2.75) is 13.0 Å². The number of fused-ring (bicyclic) bond motifs is 1. The van der Waals surface area contributed by atoms with Crippen molar-refractivity contribution in [3.63, 3.8) is 0 Å². The summed E-state index contributed by atoms with van der Waals surface area (Å²) in [6.45, 7) is 3.20. The monoisotopic (exact) mass is 301 g/mol. The first-order chi connectivity index (χ1) is 9.74. The van der Waals surface area contributed by atoms with Crippen LogP contribution in [0.4, 0.5) is 0 Å². The van der Waals surface area contributed by atoms with Gasteiger partial charge in [-0.25, -0.2) is 0 Å². The molecule has 0 spiro atoms. The van der Waals surface area contributed by atoms with E-state index in [-0.39, 0.29) is 13.2 Å². The molecule has 0 unspecified atom stereocenters. The standard InChI is InChI=1S/C14H20ClNO4/c15-12-8-11(9-13-14(12)20-7-6-19-13)10-16(3-5-18)2-1-4-17/h8-9,17-18H,1-7,10H2. The van der Waals surface area contributed by atoms with Crippen LogP contribution in [0.3, 0.4) is 0 Å². The zero-order chi connectivity index (χ0) is 14.4. The van der Waals surface area contributed by atoms with E-state index in [2.05, 4.69) is 4.90 Å². The Morgan fingerprint density at radius 1 is 1.10 bits per heavy atom. The quantitative estimate of drug-likeness (QED) is 0.794. The van der Waals surface area contributed by atoms with Crippen molar-refractivity contribution in [2.75, 3.05) is 39.5 Å². The van der Waals surface area contributed by atoms with E-state index in [4.69, 9.17) is 31.3 Å². The molecule has 0 aliphatic carbocycles. The minimum absolute atomic E-state index is 0.0870. The highest BCUT2D eigenvalue weighted by molar-refractivity contribution is 6.32. The molecule has 1 heterocycles. The van der Waals surface area contributed by atoms with Gasteiger partial charge < -0.3 is 19.7 Å². The van der Waals surface area contributed by atoms with Crippen LogP contribution in [0.15, 0.2) is 12.1 Å². The topological polar surface area (TPSA) is 62.2 Å². The predicted molar refractivity (Wildman–Crippen MR) is 76.5 cm³/mol. The molecule has 0 fully saturated rings. The van der Waals surface area contributed by atoms with Crippen molar-refractivity contribution < 1.29 is 19.7 Å². The van der Waals surface area contributed by atoms with Gasteiger partial charge in [-0.15, -0.1) is 0 Å². The van der Waals surface area contributed by atoms with E-state index in [1.165, 1.54) is 0 Å². The number of hydrogen-bond donors (Lipinski definition) is 2. The van der Waals surface area contributed by atoms with Crippen LogP contribution in [0.25, 0.3) is 0 Å². The van der Waals surface area contributed by atoms with Gasteiger partial charge in [0, 0.05) is 26.2 Å². The molecule has 112 valence electrons. The molecule has 0 saturated carbocycles. The molecular weight excluding hydrogens is 282 g/mol. The van der Waals surface area contributed by atoms with Gasteiger partial charge in [-0.1, -0.05) is 11.6 Å². The fourth-order valence-corrected chi connectivity index (χ4v) is 2.51. The number of halogens is 1. The van der Waals surface area contributed by atoms with Crippen molar-refractivity contribution in [1.82, 2.24) is 4.90 Å². The Morgan fingerprint density at radius 3 is 2.65 bits per heavy atom. The molecule has 5 nitrogen and oxygen atoms in total. The third kappa shape index (κ3) is 3.99. The van der Waals surface area contributed by atoms with E-state index in [9.17, 15) is 0 Å². The van der Waals surface area contributed by atoms with Gasteiger partial charge in [0.05, 0.1) is 11.6 Å². The predicted octanol–water partition coefficient (Wildman–Crippen LogP) is 1.29. The maximum atomic E-state index is 9.09. The van der Waals surface area contributed by atoms with Crippen LogP contribution in [0.2, 0.25) is 5.02 Å². The van der Waals surface area contributed by atoms with Gasteiger partial charge in [0.15, 0.2) is 11.5 Å². The zero-order valence-electron chi connectivity index (χ0n) is 11.3. The fourth-order valence-electron chi connectivity index (χ4n) is 2.22. The number of benzene rings is 1. The second kappa shape index (κ2) is 7.69. The molecule has 0 amide bonds. The van der Waals surface area contributed by atoms with E-state index in [1.54, 1.807) is 0 Å². The van der Waals surface area contributed by atoms with Gasteiger partial charge >= 0.3 is 0 Å². The summed E-state index contributed by atoms with van der Waals surface area (Å²) in [5.41, 5.74) is 1.01. The summed E-state index contributed by atoms with van der Waals surface area (Å²) in [5.74, 6) is 1.27. The van der Waals surface area contributed by atoms with Crippen LogP contribution >= 0.6 is 11.6 Å². The number of aliphatic hydroxyl groups is 2. The smallest absolute Gasteiger partial charge is 0.179 e. The van der Waals surface area contributed by atoms with Gasteiger partial charge in [-0.05, 0) is 24.1 Å². The normalized spacial score (nSPS) is 13.8. The molecule has 0 radical (unpaired) electrons. The van der Waals surface area contributed by atoms with E-state index in [0.29, 0.717) is 49.2 Å². The molecule has 1 aromatic rings. The first kappa shape index (κ1) is 15.4. The molecule has 6 heteroatoms. The zero-order valence-corrected chi connectivity index (χ0v) is 12.1. The Morgan fingerprint density at radius 2 is 1.90 bits per heavy atom. The molecule has 0 saturated heterocycles. The van der Waals surface area contributed by atoms with E-state index in [0.717, 1.165) is 12.1 Å². The molecule has 2 rings (SSSR count). The van der Waals surface area contributed by atoms with Crippen LogP contribution in [-0.4, -0.2) is 54.6 Å².